The summed E-state index contributed by atoms with van der Waals surface area (Å²) in [6, 6.07) is 17.4. The standard InChI is InChI=1S/C32H41N3O7S/c1-7-18-33-32(37)28(8-2)34(21-24-10-9-11-26(19-24)40-4)31(36)22-35(25-14-17-29(41-5)30(20-25)42-6)43(38,39)27-15-12-23(3)13-16-27/h9-17,19-20,28H,7-8,18,21-22H2,1-6H3,(H,33,37). The third kappa shape index (κ3) is 8.19. The molecule has 0 aromatic heterocycles. The summed E-state index contributed by atoms with van der Waals surface area (Å²) < 4.78 is 45.4. The van der Waals surface area contributed by atoms with E-state index >= 15 is 0 Å². The van der Waals surface area contributed by atoms with E-state index in [1.165, 1.54) is 37.3 Å². The maximum absolute atomic E-state index is 14.2. The molecule has 0 heterocycles. The second-order valence-corrected chi connectivity index (χ2v) is 11.8. The molecule has 0 fully saturated rings. The largest absolute Gasteiger partial charge is 0.497 e. The number of nitrogens with zero attached hydrogens (tertiary/aromatic N) is 2. The summed E-state index contributed by atoms with van der Waals surface area (Å²) in [7, 11) is 0.248. The number of carbonyl (C=O) groups excluding carboxylic acids is 2. The maximum atomic E-state index is 14.2. The molecule has 2 amide bonds. The van der Waals surface area contributed by atoms with Crippen LogP contribution in [-0.2, 0) is 26.2 Å². The molecule has 0 radical (unpaired) electrons. The van der Waals surface area contributed by atoms with Crippen LogP contribution < -0.4 is 23.8 Å². The minimum atomic E-state index is -4.23. The Bertz CT molecular complexity index is 1490. The fourth-order valence-corrected chi connectivity index (χ4v) is 6.01. The van der Waals surface area contributed by atoms with E-state index in [0.29, 0.717) is 30.2 Å². The Morgan fingerprint density at radius 3 is 2.19 bits per heavy atom. The van der Waals surface area contributed by atoms with Gasteiger partial charge in [-0.2, -0.15) is 0 Å². The van der Waals surface area contributed by atoms with Crippen LogP contribution in [0.4, 0.5) is 5.69 Å². The molecule has 1 N–H and O–H groups in total. The Balaban J connectivity index is 2.12. The SMILES string of the molecule is CCCNC(=O)C(CC)N(Cc1cccc(OC)c1)C(=O)CN(c1ccc(OC)c(OC)c1)S(=O)(=O)c1ccc(C)cc1. The number of aryl methyl sites for hydroxylation is 1. The lowest BCUT2D eigenvalue weighted by Gasteiger charge is -2.33. The van der Waals surface area contributed by atoms with Crippen molar-refractivity contribution in [1.29, 1.82) is 0 Å². The van der Waals surface area contributed by atoms with Crippen LogP contribution >= 0.6 is 0 Å². The highest BCUT2D eigenvalue weighted by atomic mass is 32.2. The molecule has 0 saturated heterocycles. The lowest BCUT2D eigenvalue weighted by molar-refractivity contribution is -0.140. The zero-order valence-electron chi connectivity index (χ0n) is 25.6. The third-order valence-electron chi connectivity index (χ3n) is 6.97. The topological polar surface area (TPSA) is 114 Å². The summed E-state index contributed by atoms with van der Waals surface area (Å²) in [5.74, 6) is 0.451. The van der Waals surface area contributed by atoms with Crippen LogP contribution in [0.3, 0.4) is 0 Å². The van der Waals surface area contributed by atoms with Gasteiger partial charge >= 0.3 is 0 Å². The van der Waals surface area contributed by atoms with Crippen LogP contribution in [0.15, 0.2) is 71.6 Å². The van der Waals surface area contributed by atoms with E-state index in [1.807, 2.05) is 26.8 Å². The van der Waals surface area contributed by atoms with Gasteiger partial charge < -0.3 is 24.4 Å². The number of ether oxygens (including phenoxy) is 3. The maximum Gasteiger partial charge on any atom is 0.264 e. The molecular formula is C32H41N3O7S. The number of anilines is 1. The van der Waals surface area contributed by atoms with E-state index in [0.717, 1.165) is 21.9 Å². The average molecular weight is 612 g/mol. The molecule has 1 unspecified atom stereocenters. The Morgan fingerprint density at radius 2 is 1.58 bits per heavy atom. The van der Waals surface area contributed by atoms with E-state index in [4.69, 9.17) is 14.2 Å². The normalized spacial score (nSPS) is 11.8. The van der Waals surface area contributed by atoms with Crippen molar-refractivity contribution in [3.05, 3.63) is 77.9 Å². The molecule has 0 aliphatic rings. The zero-order valence-corrected chi connectivity index (χ0v) is 26.4. The quantitative estimate of drug-likeness (QED) is 0.268. The van der Waals surface area contributed by atoms with Crippen LogP contribution in [0.25, 0.3) is 0 Å². The van der Waals surface area contributed by atoms with E-state index < -0.39 is 28.5 Å². The number of hydrogen-bond donors (Lipinski definition) is 1. The molecule has 0 saturated carbocycles. The third-order valence-corrected chi connectivity index (χ3v) is 8.75. The van der Waals surface area contributed by atoms with Crippen LogP contribution in [0.5, 0.6) is 17.2 Å². The number of sulfonamides is 1. The molecule has 0 spiro atoms. The number of benzene rings is 3. The summed E-state index contributed by atoms with van der Waals surface area (Å²) >= 11 is 0. The first-order valence-corrected chi connectivity index (χ1v) is 15.5. The fourth-order valence-electron chi connectivity index (χ4n) is 4.60. The monoisotopic (exact) mass is 611 g/mol. The number of hydrogen-bond acceptors (Lipinski definition) is 7. The van der Waals surface area contributed by atoms with Crippen LogP contribution in [0.1, 0.15) is 37.8 Å². The predicted molar refractivity (Wildman–Crippen MR) is 166 cm³/mol. The number of nitrogens with one attached hydrogen (secondary N) is 1. The van der Waals surface area contributed by atoms with Crippen LogP contribution in [-0.4, -0.2) is 65.6 Å². The molecule has 1 atom stereocenters. The van der Waals surface area contributed by atoms with Crippen molar-refractivity contribution >= 4 is 27.5 Å². The molecule has 232 valence electrons. The summed E-state index contributed by atoms with van der Waals surface area (Å²) in [6.45, 7) is 5.58. The number of methoxy groups -OCH3 is 3. The van der Waals surface area contributed by atoms with Crippen molar-refractivity contribution in [2.45, 2.75) is 51.1 Å². The smallest absolute Gasteiger partial charge is 0.264 e. The molecule has 10 nitrogen and oxygen atoms in total. The minimum Gasteiger partial charge on any atom is -0.497 e. The predicted octanol–water partition coefficient (Wildman–Crippen LogP) is 4.55. The van der Waals surface area contributed by atoms with E-state index in [2.05, 4.69) is 5.32 Å². The second-order valence-electron chi connectivity index (χ2n) is 9.95. The summed E-state index contributed by atoms with van der Waals surface area (Å²) in [4.78, 5) is 28.9. The minimum absolute atomic E-state index is 0.0211. The van der Waals surface area contributed by atoms with Gasteiger partial charge in [0, 0.05) is 19.2 Å². The first-order chi connectivity index (χ1) is 20.6. The van der Waals surface area contributed by atoms with Gasteiger partial charge in [-0.3, -0.25) is 13.9 Å². The molecule has 0 bridgehead atoms. The number of amides is 2. The van der Waals surface area contributed by atoms with E-state index in [-0.39, 0.29) is 23.0 Å². The van der Waals surface area contributed by atoms with Crippen molar-refractivity contribution < 1.29 is 32.2 Å². The molecule has 43 heavy (non-hydrogen) atoms. The van der Waals surface area contributed by atoms with Crippen molar-refractivity contribution in [1.82, 2.24) is 10.2 Å². The highest BCUT2D eigenvalue weighted by Gasteiger charge is 2.34. The van der Waals surface area contributed by atoms with Gasteiger partial charge in [0.15, 0.2) is 11.5 Å². The summed E-state index contributed by atoms with van der Waals surface area (Å²) in [5, 5.41) is 2.88. The van der Waals surface area contributed by atoms with Gasteiger partial charge in [0.25, 0.3) is 10.0 Å². The highest BCUT2D eigenvalue weighted by Crippen LogP contribution is 2.34. The zero-order chi connectivity index (χ0) is 31.6. The van der Waals surface area contributed by atoms with Crippen LogP contribution in [0, 0.1) is 6.92 Å². The molecular weight excluding hydrogens is 570 g/mol. The first kappa shape index (κ1) is 33.3. The van der Waals surface area contributed by atoms with E-state index in [1.54, 1.807) is 49.6 Å². The lowest BCUT2D eigenvalue weighted by atomic mass is 10.1. The molecule has 0 aliphatic carbocycles. The summed E-state index contributed by atoms with van der Waals surface area (Å²) in [6.07, 6.45) is 1.06. The average Bonchev–Trinajstić information content (AvgIpc) is 3.02. The van der Waals surface area contributed by atoms with Gasteiger partial charge in [-0.15, -0.1) is 0 Å². The van der Waals surface area contributed by atoms with Crippen LogP contribution in [0.2, 0.25) is 0 Å². The lowest BCUT2D eigenvalue weighted by Crippen LogP contribution is -2.52. The molecule has 11 heteroatoms. The Labute approximate surface area is 254 Å². The van der Waals surface area contributed by atoms with Gasteiger partial charge in [0.2, 0.25) is 11.8 Å². The van der Waals surface area contributed by atoms with Gasteiger partial charge in [-0.05, 0) is 61.7 Å². The van der Waals surface area contributed by atoms with Crippen molar-refractivity contribution in [3.63, 3.8) is 0 Å². The second kappa shape index (κ2) is 15.3. The summed E-state index contributed by atoms with van der Waals surface area (Å²) in [5.41, 5.74) is 1.82. The Kier molecular flexibility index (Phi) is 11.8. The van der Waals surface area contributed by atoms with Crippen molar-refractivity contribution in [2.75, 3.05) is 38.7 Å². The van der Waals surface area contributed by atoms with Gasteiger partial charge in [0.1, 0.15) is 18.3 Å². The van der Waals surface area contributed by atoms with Crippen molar-refractivity contribution in [3.8, 4) is 17.2 Å². The van der Waals surface area contributed by atoms with E-state index in [9.17, 15) is 18.0 Å². The number of rotatable bonds is 15. The first-order valence-electron chi connectivity index (χ1n) is 14.1. The van der Waals surface area contributed by atoms with Gasteiger partial charge in [-0.25, -0.2) is 8.42 Å². The highest BCUT2D eigenvalue weighted by molar-refractivity contribution is 7.92. The molecule has 3 aromatic rings. The van der Waals surface area contributed by atoms with Gasteiger partial charge in [-0.1, -0.05) is 43.7 Å². The Hall–Kier alpha value is -4.25. The fraction of sp³-hybridized carbons (Fsp3) is 0.375. The van der Waals surface area contributed by atoms with Crippen molar-refractivity contribution in [2.24, 2.45) is 0 Å². The Morgan fingerprint density at radius 1 is 0.884 bits per heavy atom. The number of carbonyl (C=O) groups is 2. The molecule has 3 rings (SSSR count). The molecule has 0 aliphatic heterocycles. The molecule has 3 aromatic carbocycles. The van der Waals surface area contributed by atoms with Gasteiger partial charge in [0.05, 0.1) is 31.9 Å².